The van der Waals surface area contributed by atoms with Crippen LogP contribution < -0.4 is 10.1 Å². The number of nitrogens with zero attached hydrogens (tertiary/aromatic N) is 1. The fraction of sp³-hybridized carbons (Fsp3) is 0.615. The van der Waals surface area contributed by atoms with Crippen molar-refractivity contribution in [3.05, 3.63) is 23.5 Å². The van der Waals surface area contributed by atoms with E-state index in [2.05, 4.69) is 10.3 Å². The van der Waals surface area contributed by atoms with Gasteiger partial charge in [0.2, 0.25) is 0 Å². The fourth-order valence-electron chi connectivity index (χ4n) is 3.51. The molecule has 0 aliphatic carbocycles. The minimum absolute atomic E-state index is 0.0289. The summed E-state index contributed by atoms with van der Waals surface area (Å²) in [5.74, 6) is -5.23. The van der Waals surface area contributed by atoms with Gasteiger partial charge in [0.15, 0.2) is 23.6 Å². The topological polar surface area (TPSA) is 147 Å². The van der Waals surface area contributed by atoms with Gasteiger partial charge in [-0.1, -0.05) is 34.6 Å². The lowest BCUT2D eigenvalue weighted by molar-refractivity contribution is -0.176. The summed E-state index contributed by atoms with van der Waals surface area (Å²) in [4.78, 5) is 67.5. The van der Waals surface area contributed by atoms with E-state index in [9.17, 15) is 24.0 Å². The number of hydrogen-bond acceptors (Lipinski definition) is 10. The van der Waals surface area contributed by atoms with Gasteiger partial charge in [-0.3, -0.25) is 19.2 Å². The van der Waals surface area contributed by atoms with Crippen molar-refractivity contribution in [3.8, 4) is 5.75 Å². The molecule has 0 bridgehead atoms. The van der Waals surface area contributed by atoms with E-state index in [-0.39, 0.29) is 17.9 Å². The summed E-state index contributed by atoms with van der Waals surface area (Å²) in [5.41, 5.74) is 0.286. The van der Waals surface area contributed by atoms with Crippen LogP contribution in [-0.4, -0.2) is 59.6 Å². The Morgan fingerprint density at radius 2 is 1.81 bits per heavy atom. The van der Waals surface area contributed by atoms with Crippen LogP contribution in [0, 0.1) is 24.7 Å². The first-order valence-electron chi connectivity index (χ1n) is 12.5. The number of amides is 1. The lowest BCUT2D eigenvalue weighted by Crippen LogP contribution is -2.47. The lowest BCUT2D eigenvalue weighted by Gasteiger charge is -2.29. The highest BCUT2D eigenvalue weighted by Gasteiger charge is 2.41. The average Bonchev–Trinajstić information content (AvgIpc) is 2.89. The molecule has 1 aliphatic heterocycles. The first-order valence-corrected chi connectivity index (χ1v) is 12.5. The maximum atomic E-state index is 13.1. The number of pyridine rings is 1. The van der Waals surface area contributed by atoms with Crippen LogP contribution in [0.2, 0.25) is 0 Å². The van der Waals surface area contributed by atoms with Gasteiger partial charge in [-0.05, 0) is 38.3 Å². The molecule has 0 spiro atoms. The predicted octanol–water partition coefficient (Wildman–Crippen LogP) is 2.52. The highest BCUT2D eigenvalue weighted by molar-refractivity contribution is 5.98. The van der Waals surface area contributed by atoms with Crippen molar-refractivity contribution in [1.29, 1.82) is 0 Å². The van der Waals surface area contributed by atoms with Gasteiger partial charge in [-0.2, -0.15) is 0 Å². The van der Waals surface area contributed by atoms with Gasteiger partial charge in [-0.25, -0.2) is 9.78 Å². The van der Waals surface area contributed by atoms with E-state index in [1.165, 1.54) is 13.1 Å². The first-order chi connectivity index (χ1) is 17.4. The summed E-state index contributed by atoms with van der Waals surface area (Å²) in [6.07, 6.45) is 0.133. The summed E-state index contributed by atoms with van der Waals surface area (Å²) < 4.78 is 21.8. The summed E-state index contributed by atoms with van der Waals surface area (Å²) >= 11 is 0. The van der Waals surface area contributed by atoms with Gasteiger partial charge >= 0.3 is 23.9 Å². The zero-order chi connectivity index (χ0) is 27.9. The Hall–Kier alpha value is -3.50. The van der Waals surface area contributed by atoms with Gasteiger partial charge in [0, 0.05) is 6.20 Å². The van der Waals surface area contributed by atoms with Gasteiger partial charge in [0.25, 0.3) is 5.91 Å². The van der Waals surface area contributed by atoms with Crippen LogP contribution in [0.15, 0.2) is 12.3 Å². The number of cyclic esters (lactones) is 2. The molecule has 0 saturated carbocycles. The van der Waals surface area contributed by atoms with E-state index in [1.807, 2.05) is 6.92 Å². The molecular weight excluding hydrogens is 484 g/mol. The Morgan fingerprint density at radius 1 is 1.14 bits per heavy atom. The maximum Gasteiger partial charge on any atom is 0.332 e. The largest absolute Gasteiger partial charge is 0.463 e. The normalized spacial score (nSPS) is 23.0. The van der Waals surface area contributed by atoms with Crippen LogP contribution in [0.3, 0.4) is 0 Å². The Balaban J connectivity index is 2.29. The van der Waals surface area contributed by atoms with Gasteiger partial charge < -0.3 is 24.3 Å². The lowest BCUT2D eigenvalue weighted by atomic mass is 9.95. The van der Waals surface area contributed by atoms with Crippen molar-refractivity contribution < 1.29 is 42.9 Å². The molecule has 2 rings (SSSR count). The summed E-state index contributed by atoms with van der Waals surface area (Å²) in [5, 5.41) is 2.46. The standard InChI is InChI=1S/C26H36N2O9/c1-8-14(5)24(31)36-20-15(6)10-11-27-19(20)22(29)28-18-12-34-25(32)17(9-2)21(16(7)35-26(18)33)37-23(30)13(3)4/h10-11,13-14,16-18,21H,8-9,12H2,1-7H3,(H,28,29)/t14?,16-,17+,18-,21-/m0/s1. The van der Waals surface area contributed by atoms with E-state index in [1.54, 1.807) is 40.7 Å². The monoisotopic (exact) mass is 520 g/mol. The summed E-state index contributed by atoms with van der Waals surface area (Å²) in [6.45, 7) is 11.2. The molecular formula is C26H36N2O9. The smallest absolute Gasteiger partial charge is 0.332 e. The molecule has 1 aromatic heterocycles. The van der Waals surface area contributed by atoms with Crippen molar-refractivity contribution in [2.75, 3.05) is 6.61 Å². The Bertz CT molecular complexity index is 1020. The number of nitrogens with one attached hydrogen (secondary N) is 1. The Labute approximate surface area is 216 Å². The molecule has 1 unspecified atom stereocenters. The summed E-state index contributed by atoms with van der Waals surface area (Å²) in [7, 11) is 0. The third kappa shape index (κ3) is 7.50. The maximum absolute atomic E-state index is 13.1. The number of carbonyl (C=O) groups is 5. The number of aromatic nitrogens is 1. The molecule has 2 heterocycles. The molecule has 204 valence electrons. The molecule has 0 aromatic carbocycles. The molecule has 11 nitrogen and oxygen atoms in total. The second-order valence-corrected chi connectivity index (χ2v) is 9.41. The van der Waals surface area contributed by atoms with Gasteiger partial charge in [-0.15, -0.1) is 0 Å². The predicted molar refractivity (Wildman–Crippen MR) is 130 cm³/mol. The highest BCUT2D eigenvalue weighted by atomic mass is 16.6. The molecule has 37 heavy (non-hydrogen) atoms. The van der Waals surface area contributed by atoms with Crippen molar-refractivity contribution in [2.24, 2.45) is 17.8 Å². The number of carbonyl (C=O) groups excluding carboxylic acids is 5. The quantitative estimate of drug-likeness (QED) is 0.400. The van der Waals surface area contributed by atoms with E-state index < -0.39 is 72.4 Å². The molecule has 1 aliphatic rings. The molecule has 1 saturated heterocycles. The average molecular weight is 521 g/mol. The van der Waals surface area contributed by atoms with Crippen LogP contribution in [0.4, 0.5) is 0 Å². The Morgan fingerprint density at radius 3 is 2.41 bits per heavy atom. The molecule has 11 heteroatoms. The van der Waals surface area contributed by atoms with Crippen LogP contribution in [-0.2, 0) is 33.4 Å². The SMILES string of the molecule is CCC(C)C(=O)Oc1c(C)ccnc1C(=O)N[C@H]1COC(=O)[C@H](CC)[C@@H](OC(=O)C(C)C)[C@H](C)OC1=O. The molecule has 1 N–H and O–H groups in total. The van der Waals surface area contributed by atoms with Crippen LogP contribution in [0.5, 0.6) is 5.75 Å². The first kappa shape index (κ1) is 29.7. The van der Waals surface area contributed by atoms with E-state index in [4.69, 9.17) is 18.9 Å². The van der Waals surface area contributed by atoms with Crippen LogP contribution in [0.1, 0.15) is 70.4 Å². The van der Waals surface area contributed by atoms with Crippen molar-refractivity contribution in [1.82, 2.24) is 10.3 Å². The number of ether oxygens (including phenoxy) is 4. The zero-order valence-electron chi connectivity index (χ0n) is 22.4. The minimum atomic E-state index is -1.38. The summed E-state index contributed by atoms with van der Waals surface area (Å²) in [6, 6.07) is 0.202. The van der Waals surface area contributed by atoms with Crippen molar-refractivity contribution in [2.45, 2.75) is 79.6 Å². The minimum Gasteiger partial charge on any atom is -0.463 e. The van der Waals surface area contributed by atoms with E-state index in [0.29, 0.717) is 12.0 Å². The van der Waals surface area contributed by atoms with Crippen LogP contribution in [0.25, 0.3) is 0 Å². The van der Waals surface area contributed by atoms with Crippen LogP contribution >= 0.6 is 0 Å². The Kier molecular flexibility index (Phi) is 10.6. The highest BCUT2D eigenvalue weighted by Crippen LogP contribution is 2.25. The molecule has 1 aromatic rings. The second-order valence-electron chi connectivity index (χ2n) is 9.41. The molecule has 1 amide bonds. The third-order valence-electron chi connectivity index (χ3n) is 6.14. The number of aryl methyl sites for hydroxylation is 1. The third-order valence-corrected chi connectivity index (χ3v) is 6.14. The van der Waals surface area contributed by atoms with Gasteiger partial charge in [0.1, 0.15) is 12.7 Å². The second kappa shape index (κ2) is 13.2. The van der Waals surface area contributed by atoms with Crippen molar-refractivity contribution >= 4 is 29.8 Å². The van der Waals surface area contributed by atoms with Crippen molar-refractivity contribution in [3.63, 3.8) is 0 Å². The number of hydrogen-bond donors (Lipinski definition) is 1. The van der Waals surface area contributed by atoms with E-state index >= 15 is 0 Å². The molecule has 0 radical (unpaired) electrons. The number of esters is 4. The fourth-order valence-corrected chi connectivity index (χ4v) is 3.51. The molecule has 5 atom stereocenters. The number of rotatable bonds is 8. The van der Waals surface area contributed by atoms with Gasteiger partial charge in [0.05, 0.1) is 17.8 Å². The molecule has 1 fully saturated rings. The zero-order valence-corrected chi connectivity index (χ0v) is 22.4. The van der Waals surface area contributed by atoms with E-state index in [0.717, 1.165) is 0 Å².